The maximum absolute atomic E-state index is 6.00. The fraction of sp³-hybridized carbons (Fsp3) is 0. The van der Waals surface area contributed by atoms with E-state index in [0.29, 0.717) is 0 Å². The summed E-state index contributed by atoms with van der Waals surface area (Å²) in [5, 5.41) is 12.0. The van der Waals surface area contributed by atoms with E-state index in [9.17, 15) is 0 Å². The van der Waals surface area contributed by atoms with Gasteiger partial charge in [-0.1, -0.05) is 0 Å². The van der Waals surface area contributed by atoms with Gasteiger partial charge in [0.2, 0.25) is 0 Å². The Bertz CT molecular complexity index is 12.0. The molecule has 4 heavy (non-hydrogen) atoms. The van der Waals surface area contributed by atoms with Gasteiger partial charge in [-0.2, -0.15) is 0 Å². The van der Waals surface area contributed by atoms with Gasteiger partial charge >= 0.3 is 46.1 Å². The fourth-order valence-corrected chi connectivity index (χ4v) is 0. The molecule has 4 heteroatoms. The van der Waals surface area contributed by atoms with Gasteiger partial charge in [0.05, 0.1) is 0 Å². The summed E-state index contributed by atoms with van der Waals surface area (Å²) in [6.45, 7) is 0. The molecule has 0 saturated carbocycles. The van der Waals surface area contributed by atoms with Crippen molar-refractivity contribution in [2.75, 3.05) is 0 Å². The van der Waals surface area contributed by atoms with Gasteiger partial charge in [0.1, 0.15) is 0 Å². The van der Waals surface area contributed by atoms with Crippen LogP contribution in [0.3, 0.4) is 0 Å². The summed E-state index contributed by atoms with van der Waals surface area (Å²) in [5.74, 6) is 0. The van der Waals surface area contributed by atoms with Crippen LogP contribution in [-0.2, 0) is 0 Å². The minimum Gasteiger partial charge on any atom is -1.00 e. The Hall–Kier alpha value is 1.45. The van der Waals surface area contributed by atoms with E-state index in [2.05, 4.69) is 0 Å². The zero-order chi connectivity index (χ0) is 2.00. The molecule has 0 aromatic heterocycles. The molecule has 0 fully saturated rings. The summed E-state index contributed by atoms with van der Waals surface area (Å²) in [5.41, 5.74) is 0. The molecule has 0 rings (SSSR count). The summed E-state index contributed by atoms with van der Waals surface area (Å²) in [7, 11) is 0. The van der Waals surface area contributed by atoms with E-state index >= 15 is 0 Å². The van der Waals surface area contributed by atoms with E-state index < -0.39 is 0 Å². The predicted molar refractivity (Wildman–Crippen MR) is 21.2 cm³/mol. The zero-order valence-corrected chi connectivity index (χ0v) is 5.14. The second-order valence-electron chi connectivity index (χ2n) is 0. The molecular formula is H6Mg2O2. The van der Waals surface area contributed by atoms with Crippen LogP contribution in [0.1, 0.15) is 5.71 Å². The van der Waals surface area contributed by atoms with Crippen molar-refractivity contribution in [3.8, 4) is 0 Å². The van der Waals surface area contributed by atoms with Crippen molar-refractivity contribution in [2.45, 2.75) is 0 Å². The van der Waals surface area contributed by atoms with Crippen LogP contribution in [0.15, 0.2) is 0 Å². The van der Waals surface area contributed by atoms with Crippen molar-refractivity contribution >= 4 is 46.1 Å². The van der Waals surface area contributed by atoms with Gasteiger partial charge in [-0.05, 0) is 0 Å². The average Bonchev–Trinajstić information content (AvgIpc) is 1.00. The summed E-state index contributed by atoms with van der Waals surface area (Å²) in [6.07, 6.45) is 0. The van der Waals surface area contributed by atoms with E-state index in [1.165, 1.54) is 0 Å². The summed E-state index contributed by atoms with van der Waals surface area (Å²) in [4.78, 5) is 0. The van der Waals surface area contributed by atoms with Gasteiger partial charge < -0.3 is 5.71 Å². The second kappa shape index (κ2) is 25.2. The number of hydrogen-bond donors (Lipinski definition) is 2. The normalized spacial score (nSPS) is 1.50. The van der Waals surface area contributed by atoms with Gasteiger partial charge in [0, 0.05) is 0 Å². The minimum absolute atomic E-state index is 0. The quantitative estimate of drug-likeness (QED) is 0.242. The molecule has 0 unspecified atom stereocenters. The first kappa shape index (κ1) is 18.0. The van der Waals surface area contributed by atoms with Gasteiger partial charge in [-0.15, -0.1) is 0 Å². The first-order valence-electron chi connectivity index (χ1n) is 0.200. The molecule has 0 saturated heterocycles. The molecule has 0 aliphatic rings. The number of rotatable bonds is 0. The first-order valence-corrected chi connectivity index (χ1v) is 0.200. The van der Waals surface area contributed by atoms with Crippen LogP contribution >= 0.6 is 0 Å². The third-order valence-corrected chi connectivity index (χ3v) is 0. The maximum Gasteiger partial charge on any atom is 2.00 e. The average molecular weight is 86.7 g/mol. The second-order valence-corrected chi connectivity index (χ2v) is 0. The molecule has 0 aliphatic heterocycles. The molecule has 0 aliphatic carbocycles. The Labute approximate surface area is 62.4 Å². The van der Waals surface area contributed by atoms with Crippen LogP contribution in [0, 0.1) is 0 Å². The monoisotopic (exact) mass is 86.0 g/mol. The Kier molecular flexibility index (Phi) is 113. The third kappa shape index (κ3) is 9.84. The molecule has 0 bridgehead atoms. The van der Waals surface area contributed by atoms with E-state index in [1.807, 2.05) is 0 Å². The van der Waals surface area contributed by atoms with Gasteiger partial charge in [0.15, 0.2) is 0 Å². The standard InChI is InChI=1S/2Mg.H2O2.4H/c;;1-2;;;;/h;;1-2H;;;;/q2*+2;;4*-1. The maximum atomic E-state index is 6.00. The van der Waals surface area contributed by atoms with Crippen LogP contribution in [0.4, 0.5) is 0 Å². The van der Waals surface area contributed by atoms with Crippen molar-refractivity contribution in [3.05, 3.63) is 0 Å². The van der Waals surface area contributed by atoms with Crippen molar-refractivity contribution in [1.82, 2.24) is 0 Å². The SMILES string of the molecule is OO.[H-].[H-].[H-].[H-].[Mg+2].[Mg+2]. The Morgan fingerprint density at radius 1 is 1.00 bits per heavy atom. The van der Waals surface area contributed by atoms with Crippen molar-refractivity contribution in [2.24, 2.45) is 0 Å². The van der Waals surface area contributed by atoms with E-state index in [0.717, 1.165) is 0 Å². The van der Waals surface area contributed by atoms with Crippen LogP contribution in [0.25, 0.3) is 0 Å². The van der Waals surface area contributed by atoms with Crippen molar-refractivity contribution < 1.29 is 16.2 Å². The molecule has 2 nitrogen and oxygen atoms in total. The number of hydrogen-bond acceptors (Lipinski definition) is 2. The van der Waals surface area contributed by atoms with Crippen LogP contribution in [0.2, 0.25) is 0 Å². The molecule has 0 aromatic rings. The Morgan fingerprint density at radius 2 is 1.00 bits per heavy atom. The van der Waals surface area contributed by atoms with Crippen molar-refractivity contribution in [1.29, 1.82) is 0 Å². The first-order chi connectivity index (χ1) is 1.00. The van der Waals surface area contributed by atoms with Gasteiger partial charge in [0.25, 0.3) is 0 Å². The topological polar surface area (TPSA) is 40.5 Å². The molecule has 0 spiro atoms. The molecule has 22 valence electrons. The molecule has 0 atom stereocenters. The molecule has 2 N–H and O–H groups in total. The molecular weight excluding hydrogens is 80.6 g/mol. The van der Waals surface area contributed by atoms with Gasteiger partial charge in [-0.25, -0.2) is 0 Å². The Balaban J connectivity index is -0.000000000333. The van der Waals surface area contributed by atoms with E-state index in [1.54, 1.807) is 0 Å². The predicted octanol–water partition coefficient (Wildman–Crippen LogP) is -0.294. The van der Waals surface area contributed by atoms with E-state index in [4.69, 9.17) is 10.5 Å². The molecule has 0 radical (unpaired) electrons. The molecule has 0 heterocycles. The van der Waals surface area contributed by atoms with Gasteiger partial charge in [-0.3, -0.25) is 10.5 Å². The minimum atomic E-state index is 0. The van der Waals surface area contributed by atoms with Crippen LogP contribution < -0.4 is 0 Å². The van der Waals surface area contributed by atoms with E-state index in [-0.39, 0.29) is 51.8 Å². The smallest absolute Gasteiger partial charge is 1.00 e. The largest absolute Gasteiger partial charge is 2.00 e. The van der Waals surface area contributed by atoms with Crippen LogP contribution in [-0.4, -0.2) is 56.6 Å². The molecule has 0 amide bonds. The summed E-state index contributed by atoms with van der Waals surface area (Å²) in [6, 6.07) is 0. The Morgan fingerprint density at radius 3 is 1.00 bits per heavy atom. The summed E-state index contributed by atoms with van der Waals surface area (Å²) >= 11 is 0. The zero-order valence-electron chi connectivity index (χ0n) is 6.31. The fourth-order valence-electron chi connectivity index (χ4n) is 0. The van der Waals surface area contributed by atoms with Crippen molar-refractivity contribution in [3.63, 3.8) is 0 Å². The molecule has 0 aromatic carbocycles. The summed E-state index contributed by atoms with van der Waals surface area (Å²) < 4.78 is 0. The third-order valence-electron chi connectivity index (χ3n) is 0. The van der Waals surface area contributed by atoms with Crippen LogP contribution in [0.5, 0.6) is 0 Å².